The van der Waals surface area contributed by atoms with Crippen LogP contribution in [0.2, 0.25) is 0 Å². The third-order valence-corrected chi connectivity index (χ3v) is 1.67. The fourth-order valence-electron chi connectivity index (χ4n) is 1.01. The van der Waals surface area contributed by atoms with Crippen molar-refractivity contribution >= 4 is 5.65 Å². The Morgan fingerprint density at radius 2 is 2.00 bits per heavy atom. The van der Waals surface area contributed by atoms with Gasteiger partial charge in [-0.2, -0.15) is 18.3 Å². The molecule has 0 saturated carbocycles. The number of nitrogens with zero attached hydrogens (tertiary/aromatic N) is 3. The molecule has 0 spiro atoms. The molecule has 2 aromatic heterocycles. The van der Waals surface area contributed by atoms with Crippen LogP contribution in [0, 0.1) is 0 Å². The molecule has 4 nitrogen and oxygen atoms in total. The van der Waals surface area contributed by atoms with E-state index in [-0.39, 0.29) is 11.4 Å². The highest BCUT2D eigenvalue weighted by Gasteiger charge is 2.31. The van der Waals surface area contributed by atoms with Crippen LogP contribution in [0.3, 0.4) is 0 Å². The van der Waals surface area contributed by atoms with Gasteiger partial charge >= 0.3 is 6.18 Å². The second kappa shape index (κ2) is 2.60. The number of hydrogen-bond donors (Lipinski definition) is 1. The molecule has 0 fully saturated rings. The Kier molecular flexibility index (Phi) is 1.63. The normalized spacial score (nSPS) is 12.2. The summed E-state index contributed by atoms with van der Waals surface area (Å²) in [5.41, 5.74) is -0.911. The van der Waals surface area contributed by atoms with Gasteiger partial charge in [-0.25, -0.2) is 9.50 Å². The van der Waals surface area contributed by atoms with Crippen LogP contribution in [0.15, 0.2) is 18.6 Å². The van der Waals surface area contributed by atoms with Gasteiger partial charge in [0.05, 0.1) is 11.8 Å². The predicted octanol–water partition coefficient (Wildman–Crippen LogP) is 1.45. The third kappa shape index (κ3) is 1.26. The summed E-state index contributed by atoms with van der Waals surface area (Å²) < 4.78 is 37.4. The molecule has 0 aromatic carbocycles. The second-order valence-electron chi connectivity index (χ2n) is 2.64. The summed E-state index contributed by atoms with van der Waals surface area (Å²) in [7, 11) is 0. The van der Waals surface area contributed by atoms with E-state index < -0.39 is 11.7 Å². The maximum absolute atomic E-state index is 12.2. The lowest BCUT2D eigenvalue weighted by atomic mass is 10.3. The van der Waals surface area contributed by atoms with Crippen LogP contribution in [-0.2, 0) is 6.18 Å². The fraction of sp³-hybridized carbons (Fsp3) is 0.143. The summed E-state index contributed by atoms with van der Waals surface area (Å²) in [4.78, 5) is 3.44. The van der Waals surface area contributed by atoms with Crippen LogP contribution >= 0.6 is 0 Å². The molecular weight excluding hydrogens is 199 g/mol. The van der Waals surface area contributed by atoms with Gasteiger partial charge in [-0.3, -0.25) is 0 Å². The summed E-state index contributed by atoms with van der Waals surface area (Å²) >= 11 is 0. The van der Waals surface area contributed by atoms with Gasteiger partial charge in [0.25, 0.3) is 0 Å². The summed E-state index contributed by atoms with van der Waals surface area (Å²) in [6.07, 6.45) is -2.01. The molecule has 0 saturated heterocycles. The van der Waals surface area contributed by atoms with Crippen molar-refractivity contribution in [3.05, 3.63) is 24.2 Å². The maximum atomic E-state index is 12.2. The van der Waals surface area contributed by atoms with E-state index in [0.717, 1.165) is 16.9 Å². The lowest BCUT2D eigenvalue weighted by Gasteiger charge is -2.05. The Morgan fingerprint density at radius 1 is 1.29 bits per heavy atom. The van der Waals surface area contributed by atoms with Crippen molar-refractivity contribution in [1.82, 2.24) is 14.6 Å². The van der Waals surface area contributed by atoms with Crippen molar-refractivity contribution in [3.8, 4) is 5.75 Å². The zero-order valence-corrected chi connectivity index (χ0v) is 6.65. The predicted molar refractivity (Wildman–Crippen MR) is 39.7 cm³/mol. The highest BCUT2D eigenvalue weighted by Crippen LogP contribution is 2.29. The first-order valence-electron chi connectivity index (χ1n) is 3.58. The van der Waals surface area contributed by atoms with E-state index in [2.05, 4.69) is 10.1 Å². The Bertz CT molecular complexity index is 476. The number of rotatable bonds is 0. The molecule has 0 bridgehead atoms. The van der Waals surface area contributed by atoms with E-state index in [1.54, 1.807) is 0 Å². The molecule has 2 heterocycles. The Balaban J connectivity index is 2.63. The average molecular weight is 203 g/mol. The molecule has 2 aromatic rings. The number of halogens is 3. The Hall–Kier alpha value is -1.79. The number of hydrogen-bond acceptors (Lipinski definition) is 3. The largest absolute Gasteiger partial charge is 0.503 e. The highest BCUT2D eigenvalue weighted by molar-refractivity contribution is 5.50. The van der Waals surface area contributed by atoms with Crippen LogP contribution in [-0.4, -0.2) is 19.7 Å². The van der Waals surface area contributed by atoms with Crippen LogP contribution in [0.25, 0.3) is 5.65 Å². The van der Waals surface area contributed by atoms with Crippen molar-refractivity contribution in [2.45, 2.75) is 6.18 Å². The summed E-state index contributed by atoms with van der Waals surface area (Å²) in [5.74, 6) is -0.251. The molecule has 1 N–H and O–H groups in total. The molecule has 0 atom stereocenters. The van der Waals surface area contributed by atoms with Gasteiger partial charge < -0.3 is 5.11 Å². The van der Waals surface area contributed by atoms with E-state index in [9.17, 15) is 13.2 Å². The van der Waals surface area contributed by atoms with Crippen molar-refractivity contribution in [1.29, 1.82) is 0 Å². The molecule has 0 aliphatic carbocycles. The Labute approximate surface area is 75.6 Å². The van der Waals surface area contributed by atoms with Crippen molar-refractivity contribution < 1.29 is 18.3 Å². The number of alkyl halides is 3. The topological polar surface area (TPSA) is 50.4 Å². The molecule has 0 aliphatic heterocycles. The second-order valence-corrected chi connectivity index (χ2v) is 2.64. The maximum Gasteiger partial charge on any atom is 0.419 e. The third-order valence-electron chi connectivity index (χ3n) is 1.67. The number of aromatic hydroxyl groups is 1. The first kappa shape index (κ1) is 8.79. The highest BCUT2D eigenvalue weighted by atomic mass is 19.4. The molecule has 74 valence electrons. The SMILES string of the molecule is Oc1cnn2cc(C(F)(F)F)cnc12. The smallest absolute Gasteiger partial charge is 0.419 e. The van der Waals surface area contributed by atoms with Gasteiger partial charge in [-0.15, -0.1) is 0 Å². The average Bonchev–Trinajstić information content (AvgIpc) is 2.46. The van der Waals surface area contributed by atoms with Gasteiger partial charge in [0, 0.05) is 12.4 Å². The molecular formula is C7H4F3N3O. The number of aromatic nitrogens is 3. The zero-order chi connectivity index (χ0) is 10.3. The molecule has 7 heteroatoms. The summed E-state index contributed by atoms with van der Waals surface area (Å²) in [6.45, 7) is 0. The minimum atomic E-state index is -4.46. The molecule has 0 unspecified atom stereocenters. The first-order valence-corrected chi connectivity index (χ1v) is 3.58. The van der Waals surface area contributed by atoms with Gasteiger partial charge in [-0.1, -0.05) is 0 Å². The van der Waals surface area contributed by atoms with Gasteiger partial charge in [0.1, 0.15) is 0 Å². The van der Waals surface area contributed by atoms with E-state index in [1.165, 1.54) is 0 Å². The monoisotopic (exact) mass is 203 g/mol. The summed E-state index contributed by atoms with van der Waals surface area (Å²) in [5, 5.41) is 12.6. The quantitative estimate of drug-likeness (QED) is 0.705. The van der Waals surface area contributed by atoms with E-state index in [1.807, 2.05) is 0 Å². The van der Waals surface area contributed by atoms with E-state index in [4.69, 9.17) is 5.11 Å². The molecule has 14 heavy (non-hydrogen) atoms. The standard InChI is InChI=1S/C7H4F3N3O/c8-7(9,10)4-1-11-6-5(14)2-12-13(6)3-4/h1-3,14H. The molecule has 0 radical (unpaired) electrons. The zero-order valence-electron chi connectivity index (χ0n) is 6.65. The molecule has 0 aliphatic rings. The molecule has 0 amide bonds. The van der Waals surface area contributed by atoms with Crippen LogP contribution < -0.4 is 0 Å². The van der Waals surface area contributed by atoms with Gasteiger partial charge in [0.2, 0.25) is 0 Å². The number of fused-ring (bicyclic) bond motifs is 1. The van der Waals surface area contributed by atoms with Gasteiger partial charge in [0.15, 0.2) is 11.4 Å². The van der Waals surface area contributed by atoms with E-state index in [0.29, 0.717) is 6.20 Å². The lowest BCUT2D eigenvalue weighted by Crippen LogP contribution is -2.07. The van der Waals surface area contributed by atoms with Crippen LogP contribution in [0.1, 0.15) is 5.56 Å². The van der Waals surface area contributed by atoms with Crippen LogP contribution in [0.5, 0.6) is 5.75 Å². The minimum absolute atomic E-state index is 0.00185. The van der Waals surface area contributed by atoms with Crippen molar-refractivity contribution in [2.75, 3.05) is 0 Å². The lowest BCUT2D eigenvalue weighted by molar-refractivity contribution is -0.138. The Morgan fingerprint density at radius 3 is 2.64 bits per heavy atom. The van der Waals surface area contributed by atoms with E-state index >= 15 is 0 Å². The summed E-state index contributed by atoms with van der Waals surface area (Å²) in [6, 6.07) is 0. The van der Waals surface area contributed by atoms with Crippen LogP contribution in [0.4, 0.5) is 13.2 Å². The van der Waals surface area contributed by atoms with Crippen molar-refractivity contribution in [3.63, 3.8) is 0 Å². The first-order chi connectivity index (χ1) is 6.48. The fourth-order valence-corrected chi connectivity index (χ4v) is 1.01. The molecule has 2 rings (SSSR count). The minimum Gasteiger partial charge on any atom is -0.503 e. The van der Waals surface area contributed by atoms with Gasteiger partial charge in [-0.05, 0) is 0 Å². The van der Waals surface area contributed by atoms with Crippen molar-refractivity contribution in [2.24, 2.45) is 0 Å².